The maximum absolute atomic E-state index is 11.2. The average Bonchev–Trinajstić information content (AvgIpc) is 2.21. The second-order valence-electron chi connectivity index (χ2n) is 3.54. The van der Waals surface area contributed by atoms with Crippen molar-refractivity contribution in [3.8, 4) is 0 Å². The molecule has 0 fully saturated rings. The Hall–Kier alpha value is -1.58. The van der Waals surface area contributed by atoms with Crippen molar-refractivity contribution in [2.45, 2.75) is 33.1 Å². The third-order valence-corrected chi connectivity index (χ3v) is 2.14. The third kappa shape index (κ3) is 4.29. The Bertz CT molecular complexity index is 288. The lowest BCUT2D eigenvalue weighted by molar-refractivity contribution is -0.150. The minimum atomic E-state index is -1.42. The summed E-state index contributed by atoms with van der Waals surface area (Å²) in [7, 11) is 0. The number of aliphatic carboxylic acids is 2. The lowest BCUT2D eigenvalue weighted by atomic mass is 9.83. The molecule has 0 aliphatic heterocycles. The average molecular weight is 226 g/mol. The zero-order chi connectivity index (χ0) is 12.6. The highest BCUT2D eigenvalue weighted by atomic mass is 16.4. The van der Waals surface area contributed by atoms with E-state index in [2.05, 4.69) is 0 Å². The highest BCUT2D eigenvalue weighted by molar-refractivity contribution is 5.85. The minimum absolute atomic E-state index is 0.435. The number of rotatable bonds is 7. The number of carbonyl (C=O) groups is 2. The summed E-state index contributed by atoms with van der Waals surface area (Å²) >= 11 is 0. The van der Waals surface area contributed by atoms with Crippen LogP contribution in [0.1, 0.15) is 33.1 Å². The normalized spacial score (nSPS) is 15.4. The lowest BCUT2D eigenvalue weighted by Crippen LogP contribution is -2.29. The molecule has 16 heavy (non-hydrogen) atoms. The van der Waals surface area contributed by atoms with Gasteiger partial charge in [0.15, 0.2) is 0 Å². The molecule has 2 N–H and O–H groups in total. The monoisotopic (exact) mass is 226 g/mol. The van der Waals surface area contributed by atoms with E-state index < -0.39 is 23.8 Å². The quantitative estimate of drug-likeness (QED) is 0.654. The third-order valence-electron chi connectivity index (χ3n) is 2.14. The van der Waals surface area contributed by atoms with Crippen molar-refractivity contribution >= 4 is 11.9 Å². The highest BCUT2D eigenvalue weighted by Gasteiger charge is 2.35. The van der Waals surface area contributed by atoms with Crippen LogP contribution in [-0.2, 0) is 9.59 Å². The molecule has 0 aliphatic carbocycles. The van der Waals surface area contributed by atoms with E-state index in [9.17, 15) is 9.59 Å². The first kappa shape index (κ1) is 14.4. The van der Waals surface area contributed by atoms with Gasteiger partial charge in [-0.1, -0.05) is 38.2 Å². The van der Waals surface area contributed by atoms with Gasteiger partial charge in [-0.25, -0.2) is 0 Å². The van der Waals surface area contributed by atoms with Gasteiger partial charge < -0.3 is 10.2 Å². The molecule has 0 aromatic rings. The second-order valence-corrected chi connectivity index (χ2v) is 3.54. The van der Waals surface area contributed by atoms with Crippen LogP contribution in [0.5, 0.6) is 0 Å². The lowest BCUT2D eigenvalue weighted by Gasteiger charge is -2.19. The molecule has 0 saturated heterocycles. The molecule has 0 spiro atoms. The van der Waals surface area contributed by atoms with Crippen LogP contribution in [0, 0.1) is 5.41 Å². The Labute approximate surface area is 95.3 Å². The summed E-state index contributed by atoms with van der Waals surface area (Å²) in [5.41, 5.74) is -1.42. The van der Waals surface area contributed by atoms with Gasteiger partial charge >= 0.3 is 11.9 Å². The first-order chi connectivity index (χ1) is 7.48. The van der Waals surface area contributed by atoms with Gasteiger partial charge in [0, 0.05) is 0 Å². The van der Waals surface area contributed by atoms with E-state index in [0.29, 0.717) is 12.8 Å². The molecular weight excluding hydrogens is 208 g/mol. The van der Waals surface area contributed by atoms with Crippen molar-refractivity contribution in [1.29, 1.82) is 0 Å². The predicted octanol–water partition coefficient (Wildman–Crippen LogP) is 2.46. The van der Waals surface area contributed by atoms with Gasteiger partial charge in [-0.15, -0.1) is 0 Å². The zero-order valence-corrected chi connectivity index (χ0v) is 9.64. The molecule has 0 heterocycles. The van der Waals surface area contributed by atoms with E-state index in [4.69, 9.17) is 10.2 Å². The summed E-state index contributed by atoms with van der Waals surface area (Å²) in [5, 5.41) is 17.9. The Morgan fingerprint density at radius 1 is 1.06 bits per heavy atom. The summed E-state index contributed by atoms with van der Waals surface area (Å²) in [6, 6.07) is 0. The number of carboxylic acid groups (broad SMARTS) is 2. The zero-order valence-electron chi connectivity index (χ0n) is 9.64. The Morgan fingerprint density at radius 2 is 1.50 bits per heavy atom. The smallest absolute Gasteiger partial charge is 0.318 e. The number of carboxylic acids is 2. The Kier molecular flexibility index (Phi) is 6.15. The van der Waals surface area contributed by atoms with Crippen LogP contribution in [0.3, 0.4) is 0 Å². The predicted molar refractivity (Wildman–Crippen MR) is 61.2 cm³/mol. The van der Waals surface area contributed by atoms with Crippen LogP contribution in [0.2, 0.25) is 0 Å². The molecule has 90 valence electrons. The van der Waals surface area contributed by atoms with Gasteiger partial charge in [0.25, 0.3) is 0 Å². The van der Waals surface area contributed by atoms with Gasteiger partial charge in [0.05, 0.1) is 6.42 Å². The minimum Gasteiger partial charge on any atom is -0.481 e. The topological polar surface area (TPSA) is 74.6 Å². The maximum atomic E-state index is 11.2. The van der Waals surface area contributed by atoms with Gasteiger partial charge in [-0.05, 0) is 12.8 Å². The fourth-order valence-corrected chi connectivity index (χ4v) is 1.30. The standard InChI is InChI=1S/C12H18O4/c1-3-5-7-12(11(15)16,8-6-4-2)9-10(13)14/h5-8H,3-4,9H2,1-2H3,(H,13,14)(H,15,16). The SMILES string of the molecule is CCC=CC(C=CCC)(CC(=O)O)C(=O)O. The van der Waals surface area contributed by atoms with E-state index in [-0.39, 0.29) is 0 Å². The molecule has 0 bridgehead atoms. The molecular formula is C12H18O4. The van der Waals surface area contributed by atoms with Crippen LogP contribution in [-0.4, -0.2) is 22.2 Å². The Morgan fingerprint density at radius 3 is 1.75 bits per heavy atom. The van der Waals surface area contributed by atoms with Crippen LogP contribution < -0.4 is 0 Å². The summed E-state index contributed by atoms with van der Waals surface area (Å²) in [5.74, 6) is -2.26. The first-order valence-electron chi connectivity index (χ1n) is 5.29. The number of hydrogen-bond donors (Lipinski definition) is 2. The molecule has 4 nitrogen and oxygen atoms in total. The van der Waals surface area contributed by atoms with E-state index in [0.717, 1.165) is 0 Å². The summed E-state index contributed by atoms with van der Waals surface area (Å²) in [6.45, 7) is 3.74. The number of allylic oxidation sites excluding steroid dienone is 2. The largest absolute Gasteiger partial charge is 0.481 e. The van der Waals surface area contributed by atoms with Crippen LogP contribution >= 0.6 is 0 Å². The van der Waals surface area contributed by atoms with Gasteiger partial charge in [-0.2, -0.15) is 0 Å². The summed E-state index contributed by atoms with van der Waals surface area (Å²) < 4.78 is 0. The second kappa shape index (κ2) is 6.82. The van der Waals surface area contributed by atoms with Crippen LogP contribution in [0.4, 0.5) is 0 Å². The molecule has 0 rings (SSSR count). The molecule has 0 saturated carbocycles. The fourth-order valence-electron chi connectivity index (χ4n) is 1.30. The number of hydrogen-bond acceptors (Lipinski definition) is 2. The van der Waals surface area contributed by atoms with Crippen molar-refractivity contribution < 1.29 is 19.8 Å². The van der Waals surface area contributed by atoms with Gasteiger partial charge in [0.1, 0.15) is 5.41 Å². The Balaban J connectivity index is 5.20. The molecule has 0 unspecified atom stereocenters. The van der Waals surface area contributed by atoms with Crippen LogP contribution in [0.15, 0.2) is 24.3 Å². The van der Waals surface area contributed by atoms with Crippen molar-refractivity contribution in [2.75, 3.05) is 0 Å². The van der Waals surface area contributed by atoms with E-state index in [1.165, 1.54) is 12.2 Å². The highest BCUT2D eigenvalue weighted by Crippen LogP contribution is 2.27. The van der Waals surface area contributed by atoms with E-state index >= 15 is 0 Å². The fraction of sp³-hybridized carbons (Fsp3) is 0.500. The van der Waals surface area contributed by atoms with Crippen molar-refractivity contribution in [1.82, 2.24) is 0 Å². The maximum Gasteiger partial charge on any atom is 0.318 e. The van der Waals surface area contributed by atoms with Gasteiger partial charge in [-0.3, -0.25) is 9.59 Å². The van der Waals surface area contributed by atoms with Crippen molar-refractivity contribution in [3.63, 3.8) is 0 Å². The van der Waals surface area contributed by atoms with E-state index in [1.54, 1.807) is 12.2 Å². The van der Waals surface area contributed by atoms with Crippen LogP contribution in [0.25, 0.3) is 0 Å². The molecule has 0 amide bonds. The van der Waals surface area contributed by atoms with Crippen molar-refractivity contribution in [2.24, 2.45) is 5.41 Å². The molecule has 4 heteroatoms. The molecule has 0 aromatic carbocycles. The molecule has 0 aliphatic rings. The van der Waals surface area contributed by atoms with Crippen molar-refractivity contribution in [3.05, 3.63) is 24.3 Å². The van der Waals surface area contributed by atoms with E-state index in [1.807, 2.05) is 13.8 Å². The molecule has 0 aromatic heterocycles. The molecule has 0 radical (unpaired) electrons. The summed E-state index contributed by atoms with van der Waals surface area (Å²) in [6.07, 6.45) is 7.18. The van der Waals surface area contributed by atoms with Gasteiger partial charge in [0.2, 0.25) is 0 Å². The first-order valence-corrected chi connectivity index (χ1v) is 5.29. The molecule has 0 atom stereocenters. The summed E-state index contributed by atoms with van der Waals surface area (Å²) in [4.78, 5) is 21.9.